The third kappa shape index (κ3) is 4.65. The highest BCUT2D eigenvalue weighted by Gasteiger charge is 2.22. The topological polar surface area (TPSA) is 99.7 Å². The minimum atomic E-state index is -0.755. The Bertz CT molecular complexity index is 1080. The fraction of sp³-hybridized carbons (Fsp3) is 0.0909. The first-order valence-electron chi connectivity index (χ1n) is 8.83. The van der Waals surface area contributed by atoms with Crippen molar-refractivity contribution in [2.75, 3.05) is 6.61 Å². The number of nitro groups is 1. The van der Waals surface area contributed by atoms with Crippen molar-refractivity contribution >= 4 is 23.5 Å². The van der Waals surface area contributed by atoms with Crippen molar-refractivity contribution in [3.8, 4) is 11.3 Å². The van der Waals surface area contributed by atoms with E-state index in [9.17, 15) is 19.7 Å². The van der Waals surface area contributed by atoms with E-state index in [0.29, 0.717) is 16.9 Å². The van der Waals surface area contributed by atoms with Crippen LogP contribution in [-0.4, -0.2) is 23.3 Å². The summed E-state index contributed by atoms with van der Waals surface area (Å²) in [6.07, 6.45) is 1.31. The van der Waals surface area contributed by atoms with E-state index >= 15 is 0 Å². The summed E-state index contributed by atoms with van der Waals surface area (Å²) in [5.41, 5.74) is 0.614. The molecule has 0 aliphatic heterocycles. The number of ketones is 1. The fourth-order valence-electron chi connectivity index (χ4n) is 2.67. The standard InChI is InChI=1S/C22H17NO6/c1-2-28-22(25)19(21(24)15-7-4-3-5-8-15)14-18-11-12-20(29-18)16-9-6-10-17(13-16)23(26)27/h3-14H,2H2,1H3/b19-14+. The summed E-state index contributed by atoms with van der Waals surface area (Å²) in [7, 11) is 0. The van der Waals surface area contributed by atoms with Crippen LogP contribution in [0.15, 0.2) is 76.7 Å². The van der Waals surface area contributed by atoms with Gasteiger partial charge < -0.3 is 9.15 Å². The Morgan fingerprint density at radius 2 is 1.83 bits per heavy atom. The SMILES string of the molecule is CCOC(=O)/C(=C/c1ccc(-c2cccc([N+](=O)[O-])c2)o1)C(=O)c1ccccc1. The molecule has 1 aromatic heterocycles. The van der Waals surface area contributed by atoms with Gasteiger partial charge in [0.1, 0.15) is 17.1 Å². The van der Waals surface area contributed by atoms with Crippen molar-refractivity contribution < 1.29 is 23.7 Å². The number of nitro benzene ring substituents is 1. The average molecular weight is 391 g/mol. The van der Waals surface area contributed by atoms with Crippen molar-refractivity contribution in [3.05, 3.63) is 93.7 Å². The third-order valence-corrected chi connectivity index (χ3v) is 4.03. The van der Waals surface area contributed by atoms with E-state index < -0.39 is 16.7 Å². The number of carbonyl (C=O) groups is 2. The molecule has 29 heavy (non-hydrogen) atoms. The second-order valence-corrected chi connectivity index (χ2v) is 5.98. The molecule has 0 unspecified atom stereocenters. The molecule has 3 aromatic rings. The Morgan fingerprint density at radius 1 is 1.07 bits per heavy atom. The van der Waals surface area contributed by atoms with Crippen LogP contribution in [-0.2, 0) is 9.53 Å². The van der Waals surface area contributed by atoms with Crippen molar-refractivity contribution in [3.63, 3.8) is 0 Å². The van der Waals surface area contributed by atoms with Gasteiger partial charge in [-0.2, -0.15) is 0 Å². The Labute approximate surface area is 166 Å². The summed E-state index contributed by atoms with van der Waals surface area (Å²) < 4.78 is 10.7. The van der Waals surface area contributed by atoms with Crippen LogP contribution in [0, 0.1) is 10.1 Å². The Balaban J connectivity index is 1.96. The quantitative estimate of drug-likeness (QED) is 0.110. The summed E-state index contributed by atoms with van der Waals surface area (Å²) in [6, 6.07) is 17.5. The van der Waals surface area contributed by atoms with E-state index in [1.165, 1.54) is 18.2 Å². The van der Waals surface area contributed by atoms with Gasteiger partial charge in [0.15, 0.2) is 5.78 Å². The zero-order valence-corrected chi connectivity index (χ0v) is 15.5. The van der Waals surface area contributed by atoms with Crippen LogP contribution in [0.4, 0.5) is 5.69 Å². The number of esters is 1. The van der Waals surface area contributed by atoms with E-state index in [1.807, 2.05) is 0 Å². The van der Waals surface area contributed by atoms with Gasteiger partial charge in [0, 0.05) is 23.3 Å². The minimum absolute atomic E-state index is 0.0672. The van der Waals surface area contributed by atoms with Crippen LogP contribution in [0.3, 0.4) is 0 Å². The highest BCUT2D eigenvalue weighted by atomic mass is 16.6. The molecule has 0 saturated heterocycles. The van der Waals surface area contributed by atoms with E-state index in [0.717, 1.165) is 0 Å². The zero-order valence-electron chi connectivity index (χ0n) is 15.5. The van der Waals surface area contributed by atoms with Crippen LogP contribution >= 0.6 is 0 Å². The number of carbonyl (C=O) groups excluding carboxylic acids is 2. The molecular weight excluding hydrogens is 374 g/mol. The van der Waals surface area contributed by atoms with Crippen molar-refractivity contribution in [2.24, 2.45) is 0 Å². The molecular formula is C22H17NO6. The van der Waals surface area contributed by atoms with Gasteiger partial charge in [0.05, 0.1) is 11.5 Å². The average Bonchev–Trinajstić information content (AvgIpc) is 3.21. The van der Waals surface area contributed by atoms with Gasteiger partial charge in [-0.25, -0.2) is 4.79 Å². The number of hydrogen-bond acceptors (Lipinski definition) is 6. The van der Waals surface area contributed by atoms with Crippen molar-refractivity contribution in [2.45, 2.75) is 6.92 Å². The lowest BCUT2D eigenvalue weighted by atomic mass is 10.0. The summed E-state index contributed by atoms with van der Waals surface area (Å²) in [4.78, 5) is 35.6. The van der Waals surface area contributed by atoms with Gasteiger partial charge in [-0.05, 0) is 25.1 Å². The van der Waals surface area contributed by atoms with Crippen molar-refractivity contribution in [1.29, 1.82) is 0 Å². The molecule has 0 aliphatic rings. The maximum absolute atomic E-state index is 12.8. The van der Waals surface area contributed by atoms with Gasteiger partial charge in [-0.3, -0.25) is 14.9 Å². The maximum atomic E-state index is 12.8. The predicted octanol–water partition coefficient (Wildman–Crippen LogP) is 4.68. The fourth-order valence-corrected chi connectivity index (χ4v) is 2.67. The van der Waals surface area contributed by atoms with Gasteiger partial charge in [-0.1, -0.05) is 42.5 Å². The molecule has 3 rings (SSSR count). The Hall–Kier alpha value is -4.00. The molecule has 7 nitrogen and oxygen atoms in total. The molecule has 0 amide bonds. The number of ether oxygens (including phenoxy) is 1. The molecule has 1 heterocycles. The molecule has 0 aliphatic carbocycles. The zero-order chi connectivity index (χ0) is 20.8. The summed E-state index contributed by atoms with van der Waals surface area (Å²) in [5.74, 6) is -0.624. The summed E-state index contributed by atoms with van der Waals surface area (Å²) in [6.45, 7) is 1.77. The normalized spacial score (nSPS) is 11.1. The summed E-state index contributed by atoms with van der Waals surface area (Å²) >= 11 is 0. The molecule has 146 valence electrons. The maximum Gasteiger partial charge on any atom is 0.342 e. The largest absolute Gasteiger partial charge is 0.462 e. The van der Waals surface area contributed by atoms with Gasteiger partial charge in [-0.15, -0.1) is 0 Å². The lowest BCUT2D eigenvalue weighted by molar-refractivity contribution is -0.384. The molecule has 0 fully saturated rings. The predicted molar refractivity (Wildman–Crippen MR) is 106 cm³/mol. The minimum Gasteiger partial charge on any atom is -0.462 e. The number of Topliss-reactive ketones (excluding diaryl/α,β-unsaturated/α-hetero) is 1. The first-order chi connectivity index (χ1) is 14.0. The lowest BCUT2D eigenvalue weighted by Gasteiger charge is -2.06. The first kappa shape index (κ1) is 19.8. The molecule has 0 atom stereocenters. The number of benzene rings is 2. The molecule has 7 heteroatoms. The molecule has 0 saturated carbocycles. The number of furan rings is 1. The van der Waals surface area contributed by atoms with Gasteiger partial charge in [0.2, 0.25) is 0 Å². The number of hydrogen-bond donors (Lipinski definition) is 0. The molecule has 0 spiro atoms. The van der Waals surface area contributed by atoms with E-state index in [4.69, 9.17) is 9.15 Å². The molecule has 0 bridgehead atoms. The molecule has 0 N–H and O–H groups in total. The monoisotopic (exact) mass is 391 g/mol. The molecule has 2 aromatic carbocycles. The highest BCUT2D eigenvalue weighted by molar-refractivity contribution is 6.26. The van der Waals surface area contributed by atoms with E-state index in [2.05, 4.69) is 0 Å². The van der Waals surface area contributed by atoms with Gasteiger partial charge >= 0.3 is 5.97 Å². The first-order valence-corrected chi connectivity index (χ1v) is 8.83. The second-order valence-electron chi connectivity index (χ2n) is 5.98. The van der Waals surface area contributed by atoms with Crippen LogP contribution in [0.5, 0.6) is 0 Å². The second kappa shape index (κ2) is 8.79. The number of rotatable bonds is 7. The van der Waals surface area contributed by atoms with Crippen LogP contribution < -0.4 is 0 Å². The summed E-state index contributed by atoms with van der Waals surface area (Å²) in [5, 5.41) is 11.0. The Morgan fingerprint density at radius 3 is 2.52 bits per heavy atom. The van der Waals surface area contributed by atoms with Crippen LogP contribution in [0.1, 0.15) is 23.0 Å². The molecule has 0 radical (unpaired) electrons. The van der Waals surface area contributed by atoms with Crippen LogP contribution in [0.25, 0.3) is 17.4 Å². The van der Waals surface area contributed by atoms with E-state index in [-0.39, 0.29) is 23.6 Å². The smallest absolute Gasteiger partial charge is 0.342 e. The van der Waals surface area contributed by atoms with Crippen LogP contribution in [0.2, 0.25) is 0 Å². The highest BCUT2D eigenvalue weighted by Crippen LogP contribution is 2.27. The lowest BCUT2D eigenvalue weighted by Crippen LogP contribution is -2.16. The van der Waals surface area contributed by atoms with Crippen molar-refractivity contribution in [1.82, 2.24) is 0 Å². The third-order valence-electron chi connectivity index (χ3n) is 4.03. The van der Waals surface area contributed by atoms with Gasteiger partial charge in [0.25, 0.3) is 5.69 Å². The van der Waals surface area contributed by atoms with E-state index in [1.54, 1.807) is 61.5 Å². The number of non-ortho nitro benzene ring substituents is 1. The number of nitrogens with zero attached hydrogens (tertiary/aromatic N) is 1. The Kier molecular flexibility index (Phi) is 5.99.